The molecular formula is C21H12F6IO3S-. The molecule has 3 rings (SSSR count). The number of benzene rings is 3. The molecule has 0 N–H and O–H groups in total. The van der Waals surface area contributed by atoms with Crippen LogP contribution in [0.25, 0.3) is 0 Å². The highest BCUT2D eigenvalue weighted by atomic mass is 127. The Morgan fingerprint density at radius 3 is 1.06 bits per heavy atom. The fourth-order valence-corrected chi connectivity index (χ4v) is 4.68. The summed E-state index contributed by atoms with van der Waals surface area (Å²) in [6, 6.07) is 12.9. The van der Waals surface area contributed by atoms with Gasteiger partial charge in [0.1, 0.15) is 10.1 Å². The minimum Gasteiger partial charge on any atom is -0.744 e. The Bertz CT molecular complexity index is 1140. The lowest BCUT2D eigenvalue weighted by molar-refractivity contribution is -0.138. The van der Waals surface area contributed by atoms with Crippen molar-refractivity contribution in [3.63, 3.8) is 0 Å². The summed E-state index contributed by atoms with van der Waals surface area (Å²) in [4.78, 5) is -0.514. The van der Waals surface area contributed by atoms with E-state index in [-0.39, 0.29) is 0 Å². The molecule has 0 aliphatic rings. The third-order valence-corrected chi connectivity index (χ3v) is 7.48. The lowest BCUT2D eigenvalue weighted by atomic mass is 9.84. The molecule has 11 heteroatoms. The molecular weight excluding hydrogens is 573 g/mol. The van der Waals surface area contributed by atoms with Gasteiger partial charge in [0.15, 0.2) is 0 Å². The van der Waals surface area contributed by atoms with Crippen LogP contribution < -0.4 is 0 Å². The molecule has 170 valence electrons. The monoisotopic (exact) mass is 585 g/mol. The molecule has 0 spiro atoms. The van der Waals surface area contributed by atoms with Gasteiger partial charge in [-0.25, -0.2) is 8.42 Å². The lowest BCUT2D eigenvalue weighted by Gasteiger charge is -2.30. The lowest BCUT2D eigenvalue weighted by Crippen LogP contribution is -2.22. The normalized spacial score (nSPS) is 13.2. The quantitative estimate of drug-likeness (QED) is 0.118. The highest BCUT2D eigenvalue weighted by Gasteiger charge is 2.37. The molecule has 0 saturated heterocycles. The second-order valence-corrected chi connectivity index (χ2v) is 9.78. The molecule has 0 saturated carbocycles. The topological polar surface area (TPSA) is 57.2 Å². The third kappa shape index (κ3) is 4.94. The zero-order valence-corrected chi connectivity index (χ0v) is 18.7. The largest absolute Gasteiger partial charge is 0.744 e. The van der Waals surface area contributed by atoms with E-state index in [4.69, 9.17) is 0 Å². The van der Waals surface area contributed by atoms with Crippen LogP contribution in [-0.4, -0.2) is 13.0 Å². The van der Waals surface area contributed by atoms with E-state index in [0.717, 1.165) is 36.4 Å². The van der Waals surface area contributed by atoms with Crippen molar-refractivity contribution in [3.05, 3.63) is 101 Å². The van der Waals surface area contributed by atoms with Crippen molar-refractivity contribution < 1.29 is 39.3 Å². The summed E-state index contributed by atoms with van der Waals surface area (Å²) in [6.45, 7) is 0. The molecule has 0 aliphatic carbocycles. The van der Waals surface area contributed by atoms with Gasteiger partial charge in [-0.3, -0.25) is 0 Å². The molecule has 0 heterocycles. The maximum absolute atomic E-state index is 13.0. The summed E-state index contributed by atoms with van der Waals surface area (Å²) in [5, 5.41) is 0. The first-order valence-electron chi connectivity index (χ1n) is 8.74. The number of rotatable bonds is 4. The first-order valence-corrected chi connectivity index (χ1v) is 11.2. The van der Waals surface area contributed by atoms with Crippen LogP contribution in [0.3, 0.4) is 0 Å². The van der Waals surface area contributed by atoms with Gasteiger partial charge in [-0.2, -0.15) is 26.3 Å². The number of halogens is 7. The van der Waals surface area contributed by atoms with Crippen LogP contribution in [0, 0.1) is 0 Å². The second-order valence-electron chi connectivity index (χ2n) is 6.79. The van der Waals surface area contributed by atoms with E-state index in [2.05, 4.69) is 0 Å². The van der Waals surface area contributed by atoms with E-state index in [1.807, 2.05) is 22.6 Å². The van der Waals surface area contributed by atoms with Crippen molar-refractivity contribution in [1.82, 2.24) is 0 Å². The first-order chi connectivity index (χ1) is 14.6. The van der Waals surface area contributed by atoms with Gasteiger partial charge in [-0.05, 0) is 53.1 Å². The summed E-state index contributed by atoms with van der Waals surface area (Å²) < 4.78 is 110. The van der Waals surface area contributed by atoms with Gasteiger partial charge in [-0.1, -0.05) is 59.0 Å². The Morgan fingerprint density at radius 1 is 0.562 bits per heavy atom. The van der Waals surface area contributed by atoms with Crippen LogP contribution in [0.1, 0.15) is 27.8 Å². The second kappa shape index (κ2) is 8.34. The van der Waals surface area contributed by atoms with E-state index < -0.39 is 41.9 Å². The fourth-order valence-electron chi connectivity index (χ4n) is 3.13. The predicted molar refractivity (Wildman–Crippen MR) is 111 cm³/mol. The van der Waals surface area contributed by atoms with E-state index in [1.54, 1.807) is 0 Å². The summed E-state index contributed by atoms with van der Waals surface area (Å²) in [6.07, 6.45) is -9.16. The van der Waals surface area contributed by atoms with E-state index in [9.17, 15) is 39.3 Å². The molecule has 32 heavy (non-hydrogen) atoms. The fraction of sp³-hybridized carbons (Fsp3) is 0.143. The Kier molecular flexibility index (Phi) is 6.39. The first kappa shape index (κ1) is 24.5. The molecule has 3 nitrogen and oxygen atoms in total. The van der Waals surface area contributed by atoms with Crippen LogP contribution in [0.2, 0.25) is 0 Å². The maximum Gasteiger partial charge on any atom is 0.416 e. The van der Waals surface area contributed by atoms with Gasteiger partial charge >= 0.3 is 12.4 Å². The SMILES string of the molecule is O=S(=O)([O-])c1ccc(C(I)(c2ccc(C(F)(F)F)cc2)c2ccc(C(F)(F)F)cc2)cc1. The van der Waals surface area contributed by atoms with Crippen LogP contribution in [0.5, 0.6) is 0 Å². The smallest absolute Gasteiger partial charge is 0.416 e. The average Bonchev–Trinajstić information content (AvgIpc) is 2.71. The minimum atomic E-state index is -4.74. The zero-order valence-electron chi connectivity index (χ0n) is 15.7. The molecule has 3 aromatic carbocycles. The van der Waals surface area contributed by atoms with Crippen molar-refractivity contribution >= 4 is 32.7 Å². The van der Waals surface area contributed by atoms with Gasteiger partial charge in [-0.15, -0.1) is 0 Å². The van der Waals surface area contributed by atoms with Crippen LogP contribution in [0.4, 0.5) is 26.3 Å². The van der Waals surface area contributed by atoms with Gasteiger partial charge in [0, 0.05) is 0 Å². The van der Waals surface area contributed by atoms with Crippen molar-refractivity contribution in [2.75, 3.05) is 0 Å². The molecule has 0 unspecified atom stereocenters. The van der Waals surface area contributed by atoms with Gasteiger partial charge in [0.25, 0.3) is 0 Å². The Balaban J connectivity index is 2.19. The molecule has 0 bridgehead atoms. The van der Waals surface area contributed by atoms with E-state index >= 15 is 0 Å². The molecule has 0 aromatic heterocycles. The number of hydrogen-bond acceptors (Lipinski definition) is 3. The maximum atomic E-state index is 13.0. The highest BCUT2D eigenvalue weighted by molar-refractivity contribution is 14.1. The average molecular weight is 585 g/mol. The highest BCUT2D eigenvalue weighted by Crippen LogP contribution is 2.46. The predicted octanol–water partition coefficient (Wildman–Crippen LogP) is 6.36. The van der Waals surface area contributed by atoms with Gasteiger partial charge < -0.3 is 4.55 Å². The van der Waals surface area contributed by atoms with Gasteiger partial charge in [0.2, 0.25) is 0 Å². The molecule has 0 amide bonds. The van der Waals surface area contributed by atoms with Crippen LogP contribution in [-0.2, 0) is 25.9 Å². The summed E-state index contributed by atoms with van der Waals surface area (Å²) in [5.41, 5.74) is -0.836. The standard InChI is InChI=1S/C21H13F6IO3S/c22-20(23,24)16-5-1-13(2-6-16)19(28,14-3-7-17(8-4-14)21(25,26)27)15-9-11-18(12-10-15)32(29,30)31/h1-12H,(H,29,30,31)/p-1. The van der Waals surface area contributed by atoms with Crippen molar-refractivity contribution in [2.24, 2.45) is 0 Å². The molecule has 0 aliphatic heterocycles. The van der Waals surface area contributed by atoms with Gasteiger partial charge in [0.05, 0.1) is 19.4 Å². The number of hydrogen-bond donors (Lipinski definition) is 0. The summed E-state index contributed by atoms with van der Waals surface area (Å²) >= 11 is 1.88. The zero-order chi connectivity index (χ0) is 23.9. The van der Waals surface area contributed by atoms with Crippen molar-refractivity contribution in [1.29, 1.82) is 0 Å². The Morgan fingerprint density at radius 2 is 0.812 bits per heavy atom. The Labute approximate surface area is 193 Å². The summed E-state index contributed by atoms with van der Waals surface area (Å²) in [7, 11) is -4.74. The third-order valence-electron chi connectivity index (χ3n) is 4.76. The molecule has 0 atom stereocenters. The minimum absolute atomic E-state index is 0.309. The summed E-state index contributed by atoms with van der Waals surface area (Å²) in [5.74, 6) is 0. The van der Waals surface area contributed by atoms with Crippen LogP contribution in [0.15, 0.2) is 77.7 Å². The van der Waals surface area contributed by atoms with E-state index in [1.165, 1.54) is 36.4 Å². The van der Waals surface area contributed by atoms with E-state index in [0.29, 0.717) is 16.7 Å². The number of alkyl halides is 7. The molecule has 3 aromatic rings. The Hall–Kier alpha value is -2.12. The molecule has 0 fully saturated rings. The van der Waals surface area contributed by atoms with Crippen molar-refractivity contribution in [3.8, 4) is 0 Å². The molecule has 0 radical (unpaired) electrons. The van der Waals surface area contributed by atoms with Crippen molar-refractivity contribution in [2.45, 2.75) is 20.7 Å². The van der Waals surface area contributed by atoms with Crippen LogP contribution >= 0.6 is 22.6 Å².